The van der Waals surface area contributed by atoms with Gasteiger partial charge >= 0.3 is 0 Å². The summed E-state index contributed by atoms with van der Waals surface area (Å²) in [4.78, 5) is 17.9. The smallest absolute Gasteiger partial charge is 0.248 e. The summed E-state index contributed by atoms with van der Waals surface area (Å²) in [5.74, 6) is 0.319. The number of carbonyl (C=O) groups is 1. The van der Waals surface area contributed by atoms with Crippen molar-refractivity contribution in [3.05, 3.63) is 65.2 Å². The molecule has 3 rings (SSSR count). The van der Waals surface area contributed by atoms with Crippen LogP contribution in [0.5, 0.6) is 0 Å². The summed E-state index contributed by atoms with van der Waals surface area (Å²) >= 11 is 0. The van der Waals surface area contributed by atoms with Crippen molar-refractivity contribution in [2.75, 3.05) is 25.0 Å². The van der Waals surface area contributed by atoms with Crippen molar-refractivity contribution in [1.29, 1.82) is 0 Å². The van der Waals surface area contributed by atoms with Gasteiger partial charge in [0.2, 0.25) is 5.91 Å². The van der Waals surface area contributed by atoms with E-state index in [1.807, 2.05) is 12.1 Å². The molecule has 0 saturated carbocycles. The van der Waals surface area contributed by atoms with Crippen molar-refractivity contribution >= 4 is 41.5 Å². The minimum absolute atomic E-state index is 0. The zero-order chi connectivity index (χ0) is 19.9. The highest BCUT2D eigenvalue weighted by atomic mass is 127. The Hall–Kier alpha value is -2.29. The number of nitrogens with zero attached hydrogens (tertiary/aromatic N) is 2. The van der Waals surface area contributed by atoms with E-state index in [4.69, 9.17) is 5.73 Å². The SMILES string of the molecule is CN=C(NCc1ccc(C(N)=O)cc1)NC(C)c1cccc(N2CCCC2)c1.I. The first-order valence-corrected chi connectivity index (χ1v) is 9.77. The van der Waals surface area contributed by atoms with Gasteiger partial charge in [-0.05, 0) is 55.2 Å². The lowest BCUT2D eigenvalue weighted by Gasteiger charge is -2.22. The van der Waals surface area contributed by atoms with Gasteiger partial charge in [-0.3, -0.25) is 9.79 Å². The van der Waals surface area contributed by atoms with Crippen molar-refractivity contribution in [2.45, 2.75) is 32.4 Å². The lowest BCUT2D eigenvalue weighted by molar-refractivity contribution is 0.100. The summed E-state index contributed by atoms with van der Waals surface area (Å²) in [6, 6.07) is 16.1. The van der Waals surface area contributed by atoms with Crippen LogP contribution in [0.2, 0.25) is 0 Å². The van der Waals surface area contributed by atoms with Crippen LogP contribution in [0.1, 0.15) is 47.3 Å². The number of hydrogen-bond donors (Lipinski definition) is 3. The number of amides is 1. The number of guanidine groups is 1. The molecule has 0 aromatic heterocycles. The Kier molecular flexibility index (Phi) is 8.75. The molecule has 0 spiro atoms. The van der Waals surface area contributed by atoms with Crippen LogP contribution < -0.4 is 21.3 Å². The van der Waals surface area contributed by atoms with E-state index in [0.717, 1.165) is 24.6 Å². The van der Waals surface area contributed by atoms with Gasteiger partial charge < -0.3 is 21.3 Å². The van der Waals surface area contributed by atoms with E-state index in [1.165, 1.54) is 24.1 Å². The highest BCUT2D eigenvalue weighted by molar-refractivity contribution is 14.0. The van der Waals surface area contributed by atoms with Gasteiger partial charge in [-0.1, -0.05) is 24.3 Å². The standard InChI is InChI=1S/C22H29N5O.HI/c1-16(19-6-5-7-20(14-19)27-12-3-4-13-27)26-22(24-2)25-15-17-8-10-18(11-9-17)21(23)28;/h5-11,14,16H,3-4,12-13,15H2,1-2H3,(H2,23,28)(H2,24,25,26);1H. The van der Waals surface area contributed by atoms with Gasteiger partial charge in [-0.2, -0.15) is 0 Å². The van der Waals surface area contributed by atoms with Gasteiger partial charge in [0.05, 0.1) is 6.04 Å². The highest BCUT2D eigenvalue weighted by Gasteiger charge is 2.14. The van der Waals surface area contributed by atoms with Crippen molar-refractivity contribution in [3.8, 4) is 0 Å². The minimum Gasteiger partial charge on any atom is -0.372 e. The fourth-order valence-corrected chi connectivity index (χ4v) is 3.42. The molecule has 1 aliphatic heterocycles. The number of rotatable bonds is 6. The second-order valence-electron chi connectivity index (χ2n) is 7.14. The minimum atomic E-state index is -0.415. The van der Waals surface area contributed by atoms with Crippen LogP contribution in [0.4, 0.5) is 5.69 Å². The van der Waals surface area contributed by atoms with E-state index < -0.39 is 5.91 Å². The van der Waals surface area contributed by atoms with E-state index in [2.05, 4.69) is 51.7 Å². The van der Waals surface area contributed by atoms with Gasteiger partial charge in [-0.25, -0.2) is 0 Å². The third-order valence-corrected chi connectivity index (χ3v) is 5.12. The third kappa shape index (κ3) is 6.35. The average molecular weight is 507 g/mol. The van der Waals surface area contributed by atoms with Crippen LogP contribution in [0, 0.1) is 0 Å². The number of anilines is 1. The quantitative estimate of drug-likeness (QED) is 0.318. The van der Waals surface area contributed by atoms with Crippen LogP contribution in [0.25, 0.3) is 0 Å². The van der Waals surface area contributed by atoms with E-state index in [9.17, 15) is 4.79 Å². The molecule has 6 nitrogen and oxygen atoms in total. The zero-order valence-corrected chi connectivity index (χ0v) is 19.4. The first kappa shape index (κ1) is 23.0. The van der Waals surface area contributed by atoms with Crippen LogP contribution in [-0.4, -0.2) is 32.0 Å². The molecule has 7 heteroatoms. The molecule has 1 saturated heterocycles. The Balaban J connectivity index is 0.00000300. The average Bonchev–Trinajstić information content (AvgIpc) is 3.26. The maximum absolute atomic E-state index is 11.2. The topological polar surface area (TPSA) is 82.7 Å². The molecule has 4 N–H and O–H groups in total. The van der Waals surface area contributed by atoms with E-state index in [1.54, 1.807) is 19.2 Å². The van der Waals surface area contributed by atoms with Crippen molar-refractivity contribution in [2.24, 2.45) is 10.7 Å². The number of nitrogens with one attached hydrogen (secondary N) is 2. The number of nitrogens with two attached hydrogens (primary N) is 1. The first-order valence-electron chi connectivity index (χ1n) is 9.77. The predicted octanol–water partition coefficient (Wildman–Crippen LogP) is 3.43. The molecule has 0 bridgehead atoms. The van der Waals surface area contributed by atoms with E-state index in [0.29, 0.717) is 12.1 Å². The fourth-order valence-electron chi connectivity index (χ4n) is 3.42. The molecule has 29 heavy (non-hydrogen) atoms. The second kappa shape index (κ2) is 11.0. The summed E-state index contributed by atoms with van der Waals surface area (Å²) in [6.07, 6.45) is 2.55. The number of halogens is 1. The molecule has 1 atom stereocenters. The predicted molar refractivity (Wildman–Crippen MR) is 130 cm³/mol. The van der Waals surface area contributed by atoms with Crippen LogP contribution in [-0.2, 0) is 6.54 Å². The molecule has 2 aromatic rings. The monoisotopic (exact) mass is 507 g/mol. The van der Waals surface area contributed by atoms with Gasteiger partial charge in [-0.15, -0.1) is 24.0 Å². The van der Waals surface area contributed by atoms with E-state index in [-0.39, 0.29) is 30.0 Å². The molecule has 1 heterocycles. The maximum Gasteiger partial charge on any atom is 0.248 e. The Morgan fingerprint density at radius 3 is 2.48 bits per heavy atom. The molecule has 1 unspecified atom stereocenters. The van der Waals surface area contributed by atoms with Gasteiger partial charge in [0.25, 0.3) is 0 Å². The molecular weight excluding hydrogens is 477 g/mol. The largest absolute Gasteiger partial charge is 0.372 e. The van der Waals surface area contributed by atoms with E-state index >= 15 is 0 Å². The number of primary amides is 1. The summed E-state index contributed by atoms with van der Waals surface area (Å²) in [5.41, 5.74) is 9.37. The summed E-state index contributed by atoms with van der Waals surface area (Å²) in [6.45, 7) is 5.03. The lowest BCUT2D eigenvalue weighted by Crippen LogP contribution is -2.38. The maximum atomic E-state index is 11.2. The highest BCUT2D eigenvalue weighted by Crippen LogP contribution is 2.23. The Morgan fingerprint density at radius 1 is 1.17 bits per heavy atom. The van der Waals surface area contributed by atoms with Crippen LogP contribution in [0.15, 0.2) is 53.5 Å². The van der Waals surface area contributed by atoms with Crippen molar-refractivity contribution in [3.63, 3.8) is 0 Å². The number of benzene rings is 2. The molecule has 1 aliphatic rings. The summed E-state index contributed by atoms with van der Waals surface area (Å²) < 4.78 is 0. The normalized spacial score (nSPS) is 14.8. The third-order valence-electron chi connectivity index (χ3n) is 5.12. The van der Waals surface area contributed by atoms with Crippen molar-refractivity contribution < 1.29 is 4.79 Å². The Labute approximate surface area is 190 Å². The Bertz CT molecular complexity index is 831. The number of aliphatic imine (C=N–C) groups is 1. The molecule has 1 fully saturated rings. The molecule has 2 aromatic carbocycles. The van der Waals surface area contributed by atoms with Crippen molar-refractivity contribution in [1.82, 2.24) is 10.6 Å². The molecule has 1 amide bonds. The Morgan fingerprint density at radius 2 is 1.86 bits per heavy atom. The first-order chi connectivity index (χ1) is 13.6. The number of hydrogen-bond acceptors (Lipinski definition) is 3. The molecular formula is C22H30IN5O. The second-order valence-corrected chi connectivity index (χ2v) is 7.14. The van der Waals surface area contributed by atoms with Gasteiger partial charge in [0.1, 0.15) is 0 Å². The number of carbonyl (C=O) groups excluding carboxylic acids is 1. The van der Waals surface area contributed by atoms with Gasteiger partial charge in [0.15, 0.2) is 5.96 Å². The summed E-state index contributed by atoms with van der Waals surface area (Å²) in [5, 5.41) is 6.76. The lowest BCUT2D eigenvalue weighted by atomic mass is 10.1. The fraction of sp³-hybridized carbons (Fsp3) is 0.364. The summed E-state index contributed by atoms with van der Waals surface area (Å²) in [7, 11) is 1.76. The zero-order valence-electron chi connectivity index (χ0n) is 17.0. The molecule has 0 radical (unpaired) electrons. The van der Waals surface area contributed by atoms with Crippen LogP contribution in [0.3, 0.4) is 0 Å². The molecule has 156 valence electrons. The van der Waals surface area contributed by atoms with Crippen LogP contribution >= 0.6 is 24.0 Å². The molecule has 0 aliphatic carbocycles. The van der Waals surface area contributed by atoms with Gasteiger partial charge in [0, 0.05) is 37.9 Å².